The van der Waals surface area contributed by atoms with Gasteiger partial charge >= 0.3 is 11.9 Å². The second-order valence-corrected chi connectivity index (χ2v) is 6.25. The van der Waals surface area contributed by atoms with Gasteiger partial charge in [0.25, 0.3) is 0 Å². The molecule has 0 aliphatic carbocycles. The third-order valence-corrected chi connectivity index (χ3v) is 4.47. The highest BCUT2D eigenvalue weighted by molar-refractivity contribution is 6.03. The topological polar surface area (TPSA) is 151 Å². The molecule has 0 radical (unpaired) electrons. The first kappa shape index (κ1) is 20.2. The lowest BCUT2D eigenvalue weighted by Crippen LogP contribution is -2.60. The minimum atomic E-state index is -2.59. The second-order valence-electron chi connectivity index (χ2n) is 6.25. The Labute approximate surface area is 161 Å². The molecule has 28 heavy (non-hydrogen) atoms. The van der Waals surface area contributed by atoms with Crippen molar-refractivity contribution in [1.29, 1.82) is 21.0 Å². The van der Waals surface area contributed by atoms with Crippen LogP contribution in [0.25, 0.3) is 0 Å². The quantitative estimate of drug-likeness (QED) is 0.660. The number of hydrogen-bond donors (Lipinski definition) is 0. The van der Waals surface area contributed by atoms with E-state index in [-0.39, 0.29) is 0 Å². The van der Waals surface area contributed by atoms with Crippen molar-refractivity contribution in [2.45, 2.75) is 26.0 Å². The van der Waals surface area contributed by atoms with Crippen LogP contribution in [0.3, 0.4) is 0 Å². The van der Waals surface area contributed by atoms with Crippen LogP contribution < -0.4 is 0 Å². The molecule has 0 bridgehead atoms. The van der Waals surface area contributed by atoms with Gasteiger partial charge in [0, 0.05) is 6.20 Å². The van der Waals surface area contributed by atoms with Crippen molar-refractivity contribution in [3.63, 3.8) is 0 Å². The Kier molecular flexibility index (Phi) is 5.25. The molecule has 2 aliphatic rings. The zero-order chi connectivity index (χ0) is 21.1. The summed E-state index contributed by atoms with van der Waals surface area (Å²) in [6.07, 6.45) is 5.14. The minimum absolute atomic E-state index is 0.428. The third-order valence-electron chi connectivity index (χ3n) is 4.47. The highest BCUT2D eigenvalue weighted by Crippen LogP contribution is 2.54. The summed E-state index contributed by atoms with van der Waals surface area (Å²) in [6.45, 7) is 3.07. The van der Waals surface area contributed by atoms with E-state index >= 15 is 0 Å². The van der Waals surface area contributed by atoms with Crippen molar-refractivity contribution in [3.8, 4) is 24.3 Å². The van der Waals surface area contributed by atoms with E-state index in [9.17, 15) is 30.6 Å². The normalized spacial score (nSPS) is 20.9. The summed E-state index contributed by atoms with van der Waals surface area (Å²) >= 11 is 0. The van der Waals surface area contributed by atoms with Gasteiger partial charge in [-0.05, 0) is 19.9 Å². The third kappa shape index (κ3) is 2.50. The number of allylic oxidation sites excluding steroid dienone is 2. The lowest BCUT2D eigenvalue weighted by atomic mass is 9.55. The van der Waals surface area contributed by atoms with Crippen LogP contribution in [0.1, 0.15) is 13.8 Å². The summed E-state index contributed by atoms with van der Waals surface area (Å²) in [6, 6.07) is 5.61. The Morgan fingerprint density at radius 2 is 1.68 bits per heavy atom. The average Bonchev–Trinajstić information content (AvgIpc) is 2.70. The molecule has 0 spiro atoms. The van der Waals surface area contributed by atoms with Crippen molar-refractivity contribution < 1.29 is 19.1 Å². The molecule has 0 amide bonds. The fourth-order valence-corrected chi connectivity index (χ4v) is 3.25. The standard InChI is InChI=1S/C19H15N5O4/c1-12(2)28-16(25)14-15(17(26)27-3)24-7-5-4-6-13(24)18(8-20,9-21)19(14,10-22)11-23/h4-7,12-13H,1-3H3. The lowest BCUT2D eigenvalue weighted by Gasteiger charge is -2.47. The van der Waals surface area contributed by atoms with Gasteiger partial charge in [-0.2, -0.15) is 21.0 Å². The first-order valence-corrected chi connectivity index (χ1v) is 8.12. The maximum Gasteiger partial charge on any atom is 0.355 e. The van der Waals surface area contributed by atoms with Crippen molar-refractivity contribution in [3.05, 3.63) is 35.7 Å². The van der Waals surface area contributed by atoms with Crippen LogP contribution in [-0.2, 0) is 19.1 Å². The Morgan fingerprint density at radius 1 is 1.07 bits per heavy atom. The van der Waals surface area contributed by atoms with E-state index in [4.69, 9.17) is 9.47 Å². The molecule has 2 heterocycles. The highest BCUT2D eigenvalue weighted by Gasteiger charge is 2.69. The monoisotopic (exact) mass is 377 g/mol. The second kappa shape index (κ2) is 7.27. The van der Waals surface area contributed by atoms with Gasteiger partial charge in [-0.15, -0.1) is 0 Å². The van der Waals surface area contributed by atoms with Crippen molar-refractivity contribution in [2.24, 2.45) is 10.8 Å². The fourth-order valence-electron chi connectivity index (χ4n) is 3.25. The molecular weight excluding hydrogens is 362 g/mol. The van der Waals surface area contributed by atoms with Crippen LogP contribution in [-0.4, -0.2) is 36.1 Å². The summed E-state index contributed by atoms with van der Waals surface area (Å²) in [4.78, 5) is 26.6. The molecule has 1 atom stereocenters. The molecule has 0 fully saturated rings. The molecule has 140 valence electrons. The molecule has 1 unspecified atom stereocenters. The molecule has 0 aromatic carbocycles. The SMILES string of the molecule is COC(=O)C1=C(C(=O)OC(C)C)C(C#N)(C#N)C(C#N)(C#N)C2C=CC=CN12. The van der Waals surface area contributed by atoms with Gasteiger partial charge in [0.15, 0.2) is 0 Å². The van der Waals surface area contributed by atoms with E-state index in [2.05, 4.69) is 0 Å². The largest absolute Gasteiger partial charge is 0.464 e. The van der Waals surface area contributed by atoms with Gasteiger partial charge in [0.05, 0.1) is 43.5 Å². The number of ether oxygens (including phenoxy) is 2. The maximum absolute atomic E-state index is 12.9. The number of methoxy groups -OCH3 is 1. The van der Waals surface area contributed by atoms with E-state index in [0.717, 1.165) is 7.11 Å². The van der Waals surface area contributed by atoms with E-state index < -0.39 is 46.2 Å². The zero-order valence-electron chi connectivity index (χ0n) is 15.3. The first-order chi connectivity index (χ1) is 13.3. The molecular formula is C19H15N5O4. The minimum Gasteiger partial charge on any atom is -0.464 e. The number of esters is 2. The van der Waals surface area contributed by atoms with E-state index in [1.165, 1.54) is 43.2 Å². The molecule has 9 nitrogen and oxygen atoms in total. The average molecular weight is 377 g/mol. The number of nitrogens with zero attached hydrogens (tertiary/aromatic N) is 5. The lowest BCUT2D eigenvalue weighted by molar-refractivity contribution is -0.147. The number of rotatable bonds is 3. The van der Waals surface area contributed by atoms with Gasteiger partial charge in [-0.3, -0.25) is 0 Å². The Hall–Kier alpha value is -4.08. The summed E-state index contributed by atoms with van der Waals surface area (Å²) in [5.41, 5.74) is -6.04. The molecule has 2 aliphatic heterocycles. The van der Waals surface area contributed by atoms with Crippen molar-refractivity contribution >= 4 is 11.9 Å². The predicted octanol–water partition coefficient (Wildman–Crippen LogP) is 1.20. The summed E-state index contributed by atoms with van der Waals surface area (Å²) < 4.78 is 9.89. The molecule has 2 rings (SSSR count). The van der Waals surface area contributed by atoms with Crippen LogP contribution in [0.2, 0.25) is 0 Å². The predicted molar refractivity (Wildman–Crippen MR) is 91.5 cm³/mol. The Balaban J connectivity index is 3.06. The smallest absolute Gasteiger partial charge is 0.355 e. The van der Waals surface area contributed by atoms with E-state index in [1.807, 2.05) is 0 Å². The van der Waals surface area contributed by atoms with Crippen LogP contribution in [0, 0.1) is 56.2 Å². The number of carbonyl (C=O) groups is 2. The van der Waals surface area contributed by atoms with Gasteiger partial charge in [0.1, 0.15) is 11.3 Å². The van der Waals surface area contributed by atoms with E-state index in [0.29, 0.717) is 0 Å². The molecule has 0 N–H and O–H groups in total. The zero-order valence-corrected chi connectivity index (χ0v) is 15.3. The fraction of sp³-hybridized carbons (Fsp3) is 0.368. The number of carbonyl (C=O) groups excluding carboxylic acids is 2. The molecule has 9 heteroatoms. The summed E-state index contributed by atoms with van der Waals surface area (Å²) in [7, 11) is 1.07. The molecule has 0 saturated carbocycles. The number of nitriles is 4. The Bertz CT molecular complexity index is 950. The van der Waals surface area contributed by atoms with Crippen LogP contribution in [0.4, 0.5) is 0 Å². The van der Waals surface area contributed by atoms with Crippen LogP contribution in [0.15, 0.2) is 35.7 Å². The summed E-state index contributed by atoms with van der Waals surface area (Å²) in [5.74, 6) is -2.17. The first-order valence-electron chi connectivity index (χ1n) is 8.12. The van der Waals surface area contributed by atoms with Crippen molar-refractivity contribution in [1.82, 2.24) is 4.90 Å². The highest BCUT2D eigenvalue weighted by atomic mass is 16.5. The maximum atomic E-state index is 12.9. The summed E-state index contributed by atoms with van der Waals surface area (Å²) in [5, 5.41) is 39.6. The number of hydrogen-bond acceptors (Lipinski definition) is 9. The number of fused-ring (bicyclic) bond motifs is 1. The van der Waals surface area contributed by atoms with Crippen LogP contribution in [0.5, 0.6) is 0 Å². The van der Waals surface area contributed by atoms with Gasteiger partial charge < -0.3 is 14.4 Å². The van der Waals surface area contributed by atoms with Crippen LogP contribution >= 0.6 is 0 Å². The molecule has 0 saturated heterocycles. The van der Waals surface area contributed by atoms with Gasteiger partial charge in [0.2, 0.25) is 10.8 Å². The van der Waals surface area contributed by atoms with Gasteiger partial charge in [-0.1, -0.05) is 12.2 Å². The molecule has 0 aromatic rings. The Morgan fingerprint density at radius 3 is 2.14 bits per heavy atom. The van der Waals surface area contributed by atoms with E-state index in [1.54, 1.807) is 24.3 Å². The molecule has 0 aromatic heterocycles. The van der Waals surface area contributed by atoms with Gasteiger partial charge in [-0.25, -0.2) is 9.59 Å². The van der Waals surface area contributed by atoms with Crippen molar-refractivity contribution in [2.75, 3.05) is 7.11 Å².